The minimum absolute atomic E-state index is 0. The molecular weight excluding hydrogens is 433 g/mol. The first kappa shape index (κ1) is 25.6. The largest absolute Gasteiger partial charge is 0.493 e. The Hall–Kier alpha value is -1.66. The van der Waals surface area contributed by atoms with Crippen molar-refractivity contribution in [3.8, 4) is 11.5 Å². The third-order valence-electron chi connectivity index (χ3n) is 6.05. The highest BCUT2D eigenvalue weighted by Crippen LogP contribution is 2.34. The smallest absolute Gasteiger partial charge is 0.163 e. The summed E-state index contributed by atoms with van der Waals surface area (Å²) in [7, 11) is 3.89. The second-order valence-electron chi connectivity index (χ2n) is 8.24. The molecule has 0 aromatic heterocycles. The van der Waals surface area contributed by atoms with Crippen LogP contribution in [0.2, 0.25) is 0 Å². The number of ether oxygens (including phenoxy) is 2. The molecule has 31 heavy (non-hydrogen) atoms. The fraction of sp³-hybridized carbons (Fsp3) is 0.500. The van der Waals surface area contributed by atoms with E-state index in [-0.39, 0.29) is 30.9 Å². The van der Waals surface area contributed by atoms with Crippen LogP contribution >= 0.6 is 24.8 Å². The average molecular weight is 468 g/mol. The fourth-order valence-electron chi connectivity index (χ4n) is 4.33. The summed E-state index contributed by atoms with van der Waals surface area (Å²) < 4.78 is 12.0. The summed E-state index contributed by atoms with van der Waals surface area (Å²) in [4.78, 5) is 4.83. The molecule has 2 aliphatic rings. The van der Waals surface area contributed by atoms with Crippen LogP contribution < -0.4 is 19.7 Å². The Kier molecular flexibility index (Phi) is 10.2. The van der Waals surface area contributed by atoms with Crippen molar-refractivity contribution < 1.29 is 9.47 Å². The van der Waals surface area contributed by atoms with Crippen LogP contribution in [0.15, 0.2) is 48.5 Å². The fourth-order valence-corrected chi connectivity index (χ4v) is 4.33. The van der Waals surface area contributed by atoms with E-state index in [1.54, 1.807) is 7.11 Å². The number of anilines is 1. The van der Waals surface area contributed by atoms with Crippen molar-refractivity contribution in [3.05, 3.63) is 54.1 Å². The predicted octanol–water partition coefficient (Wildman–Crippen LogP) is 4.03. The van der Waals surface area contributed by atoms with Crippen LogP contribution in [-0.2, 0) is 6.42 Å². The van der Waals surface area contributed by atoms with Gasteiger partial charge in [-0.2, -0.15) is 0 Å². The van der Waals surface area contributed by atoms with E-state index in [0.29, 0.717) is 6.04 Å². The molecule has 5 nitrogen and oxygen atoms in total. The Morgan fingerprint density at radius 2 is 1.71 bits per heavy atom. The summed E-state index contributed by atoms with van der Waals surface area (Å²) in [5.41, 5.74) is 2.60. The van der Waals surface area contributed by atoms with Gasteiger partial charge in [0.05, 0.1) is 7.11 Å². The quantitative estimate of drug-likeness (QED) is 0.693. The molecule has 2 aromatic rings. The summed E-state index contributed by atoms with van der Waals surface area (Å²) in [5.74, 6) is 1.70. The van der Waals surface area contributed by atoms with Crippen molar-refractivity contribution in [1.82, 2.24) is 10.2 Å². The third kappa shape index (κ3) is 6.91. The molecule has 2 aromatic carbocycles. The van der Waals surface area contributed by atoms with E-state index in [1.165, 1.54) is 11.3 Å². The van der Waals surface area contributed by atoms with Gasteiger partial charge in [-0.1, -0.05) is 30.3 Å². The molecule has 1 unspecified atom stereocenters. The first-order valence-corrected chi connectivity index (χ1v) is 10.8. The Morgan fingerprint density at radius 1 is 0.968 bits per heavy atom. The zero-order valence-corrected chi connectivity index (χ0v) is 20.1. The zero-order chi connectivity index (χ0) is 20.1. The number of hydrogen-bond donors (Lipinski definition) is 1. The van der Waals surface area contributed by atoms with Crippen LogP contribution in [0.4, 0.5) is 5.69 Å². The lowest BCUT2D eigenvalue weighted by Gasteiger charge is -2.36. The van der Waals surface area contributed by atoms with Gasteiger partial charge in [0.1, 0.15) is 6.10 Å². The lowest BCUT2D eigenvalue weighted by Crippen LogP contribution is -2.51. The van der Waals surface area contributed by atoms with E-state index in [1.807, 2.05) is 6.07 Å². The van der Waals surface area contributed by atoms with Gasteiger partial charge in [0.15, 0.2) is 11.5 Å². The number of nitrogens with one attached hydrogen (secondary N) is 1. The van der Waals surface area contributed by atoms with Crippen LogP contribution in [0.3, 0.4) is 0 Å². The maximum atomic E-state index is 6.39. The molecule has 2 heterocycles. The standard InChI is InChI=1S/C24H33N3O2.2ClH/c1-26-13-10-22(11-14-26)29-24-17-21(8-9-23(24)28-2)27-15-12-25-20(18-27)16-19-6-4-3-5-7-19;;/h3-9,17,20,22,25H,10-16,18H2,1-2H3;2*1H. The minimum atomic E-state index is 0. The second kappa shape index (κ2) is 12.4. The molecule has 2 fully saturated rings. The molecule has 1 atom stereocenters. The number of benzene rings is 2. The van der Waals surface area contributed by atoms with Crippen LogP contribution in [-0.4, -0.2) is 63.9 Å². The van der Waals surface area contributed by atoms with Crippen molar-refractivity contribution in [2.75, 3.05) is 51.8 Å². The Morgan fingerprint density at radius 3 is 2.42 bits per heavy atom. The summed E-state index contributed by atoms with van der Waals surface area (Å²) >= 11 is 0. The topological polar surface area (TPSA) is 37.0 Å². The highest BCUT2D eigenvalue weighted by molar-refractivity contribution is 5.85. The molecule has 2 saturated heterocycles. The van der Waals surface area contributed by atoms with Crippen molar-refractivity contribution >= 4 is 30.5 Å². The second-order valence-corrected chi connectivity index (χ2v) is 8.24. The third-order valence-corrected chi connectivity index (χ3v) is 6.05. The summed E-state index contributed by atoms with van der Waals surface area (Å²) in [6.07, 6.45) is 3.45. The average Bonchev–Trinajstić information content (AvgIpc) is 2.76. The normalized spacial score (nSPS) is 19.8. The molecule has 4 rings (SSSR count). The van der Waals surface area contributed by atoms with Crippen molar-refractivity contribution in [1.29, 1.82) is 0 Å². The molecule has 0 saturated carbocycles. The van der Waals surface area contributed by atoms with E-state index >= 15 is 0 Å². The summed E-state index contributed by atoms with van der Waals surface area (Å²) in [5, 5.41) is 3.67. The molecule has 7 heteroatoms. The monoisotopic (exact) mass is 467 g/mol. The van der Waals surface area contributed by atoms with Crippen molar-refractivity contribution in [3.63, 3.8) is 0 Å². The van der Waals surface area contributed by atoms with Gasteiger partial charge in [0.25, 0.3) is 0 Å². The van der Waals surface area contributed by atoms with Gasteiger partial charge in [-0.05, 0) is 44.0 Å². The summed E-state index contributed by atoms with van der Waals surface area (Å²) in [6.45, 7) is 5.17. The molecule has 0 radical (unpaired) electrons. The van der Waals surface area contributed by atoms with Crippen molar-refractivity contribution in [2.24, 2.45) is 0 Å². The van der Waals surface area contributed by atoms with Crippen LogP contribution in [0.1, 0.15) is 18.4 Å². The Balaban J connectivity index is 0.00000171. The van der Waals surface area contributed by atoms with Crippen LogP contribution in [0.25, 0.3) is 0 Å². The number of nitrogens with zero attached hydrogens (tertiary/aromatic N) is 2. The SMILES string of the molecule is COc1ccc(N2CCNC(Cc3ccccc3)C2)cc1OC1CCN(C)CC1.Cl.Cl. The van der Waals surface area contributed by atoms with Crippen LogP contribution in [0.5, 0.6) is 11.5 Å². The van der Waals surface area contributed by atoms with E-state index in [2.05, 4.69) is 64.6 Å². The van der Waals surface area contributed by atoms with E-state index in [0.717, 1.165) is 63.5 Å². The molecule has 2 aliphatic heterocycles. The number of piperazine rings is 1. The van der Waals surface area contributed by atoms with Gasteiger partial charge >= 0.3 is 0 Å². The van der Waals surface area contributed by atoms with Gasteiger partial charge in [-0.25, -0.2) is 0 Å². The van der Waals surface area contributed by atoms with E-state index < -0.39 is 0 Å². The Bertz CT molecular complexity index is 786. The predicted molar refractivity (Wildman–Crippen MR) is 133 cm³/mol. The van der Waals surface area contributed by atoms with Gasteiger partial charge in [-0.15, -0.1) is 24.8 Å². The van der Waals surface area contributed by atoms with E-state index in [4.69, 9.17) is 9.47 Å². The number of piperidine rings is 1. The van der Waals surface area contributed by atoms with E-state index in [9.17, 15) is 0 Å². The van der Waals surface area contributed by atoms with Gasteiger partial charge in [0.2, 0.25) is 0 Å². The molecule has 0 bridgehead atoms. The molecule has 1 N–H and O–H groups in total. The maximum Gasteiger partial charge on any atom is 0.163 e. The lowest BCUT2D eigenvalue weighted by molar-refractivity contribution is 0.111. The zero-order valence-electron chi connectivity index (χ0n) is 18.5. The summed E-state index contributed by atoms with van der Waals surface area (Å²) in [6, 6.07) is 17.6. The molecule has 0 spiro atoms. The molecule has 0 amide bonds. The van der Waals surface area contributed by atoms with Gasteiger partial charge in [-0.3, -0.25) is 0 Å². The molecular formula is C24H35Cl2N3O2. The van der Waals surface area contributed by atoms with Gasteiger partial charge in [0, 0.05) is 50.5 Å². The van der Waals surface area contributed by atoms with Crippen molar-refractivity contribution in [2.45, 2.75) is 31.4 Å². The lowest BCUT2D eigenvalue weighted by atomic mass is 10.0. The first-order valence-electron chi connectivity index (χ1n) is 10.8. The number of rotatable bonds is 6. The number of methoxy groups -OCH3 is 1. The first-order chi connectivity index (χ1) is 14.2. The van der Waals surface area contributed by atoms with Gasteiger partial charge < -0.3 is 24.6 Å². The highest BCUT2D eigenvalue weighted by atomic mass is 35.5. The minimum Gasteiger partial charge on any atom is -0.493 e. The number of halogens is 2. The highest BCUT2D eigenvalue weighted by Gasteiger charge is 2.23. The molecule has 172 valence electrons. The Labute approximate surface area is 198 Å². The molecule has 0 aliphatic carbocycles. The number of hydrogen-bond acceptors (Lipinski definition) is 5. The maximum absolute atomic E-state index is 6.39. The number of likely N-dealkylation sites (tertiary alicyclic amines) is 1. The van der Waals surface area contributed by atoms with Crippen LogP contribution in [0, 0.1) is 0 Å².